The second-order valence-electron chi connectivity index (χ2n) is 3.47. The molecule has 1 amide bonds. The first-order valence-electron chi connectivity index (χ1n) is 4.87. The molecule has 1 fully saturated rings. The molecule has 0 spiro atoms. The Morgan fingerprint density at radius 3 is 3.07 bits per heavy atom. The third-order valence-electron chi connectivity index (χ3n) is 2.36. The summed E-state index contributed by atoms with van der Waals surface area (Å²) in [4.78, 5) is 23.6. The van der Waals surface area contributed by atoms with Crippen molar-refractivity contribution >= 4 is 11.9 Å². The number of nitrogens with one attached hydrogen (secondary N) is 1. The van der Waals surface area contributed by atoms with E-state index in [0.29, 0.717) is 13.2 Å². The molecule has 1 saturated heterocycles. The average molecular weight is 216 g/mol. The highest BCUT2D eigenvalue weighted by Gasteiger charge is 2.31. The molecule has 1 heterocycles. The van der Waals surface area contributed by atoms with Crippen LogP contribution in [-0.4, -0.2) is 61.3 Å². The van der Waals surface area contributed by atoms with E-state index in [1.807, 2.05) is 0 Å². The lowest BCUT2D eigenvalue weighted by Crippen LogP contribution is -2.57. The van der Waals surface area contributed by atoms with E-state index in [2.05, 4.69) is 5.32 Å². The van der Waals surface area contributed by atoms with Gasteiger partial charge in [0.25, 0.3) is 0 Å². The van der Waals surface area contributed by atoms with Gasteiger partial charge in [-0.3, -0.25) is 14.5 Å². The summed E-state index contributed by atoms with van der Waals surface area (Å²) in [5.41, 5.74) is 0. The van der Waals surface area contributed by atoms with Crippen LogP contribution in [0.2, 0.25) is 0 Å². The fraction of sp³-hybridized carbons (Fsp3) is 0.778. The fourth-order valence-electron chi connectivity index (χ4n) is 1.58. The van der Waals surface area contributed by atoms with Crippen molar-refractivity contribution in [3.63, 3.8) is 0 Å². The van der Waals surface area contributed by atoms with Gasteiger partial charge < -0.3 is 15.2 Å². The topological polar surface area (TPSA) is 78.9 Å². The summed E-state index contributed by atoms with van der Waals surface area (Å²) in [5.74, 6) is -1.02. The van der Waals surface area contributed by atoms with Gasteiger partial charge in [0.2, 0.25) is 5.91 Å². The lowest BCUT2D eigenvalue weighted by molar-refractivity contribution is -0.146. The highest BCUT2D eigenvalue weighted by atomic mass is 16.5. The number of nitrogens with zero attached hydrogens (tertiary/aromatic N) is 1. The molecule has 0 aromatic heterocycles. The third kappa shape index (κ3) is 3.49. The molecule has 2 N–H and O–H groups in total. The minimum absolute atomic E-state index is 0.120. The Kier molecular flexibility index (Phi) is 4.51. The minimum atomic E-state index is -0.896. The van der Waals surface area contributed by atoms with Gasteiger partial charge in [0.1, 0.15) is 6.04 Å². The molecule has 15 heavy (non-hydrogen) atoms. The molecule has 6 nitrogen and oxygen atoms in total. The maximum atomic E-state index is 11.1. The number of aliphatic carboxylic acids is 1. The Hall–Kier alpha value is -1.14. The van der Waals surface area contributed by atoms with Crippen LogP contribution in [0.1, 0.15) is 6.42 Å². The van der Waals surface area contributed by atoms with Crippen LogP contribution in [0.25, 0.3) is 0 Å². The van der Waals surface area contributed by atoms with Crippen molar-refractivity contribution in [1.82, 2.24) is 10.2 Å². The molecular weight excluding hydrogens is 200 g/mol. The number of carboxylic acids is 1. The van der Waals surface area contributed by atoms with Gasteiger partial charge in [-0.2, -0.15) is 0 Å². The Bertz CT molecular complexity index is 244. The normalized spacial score (nSPS) is 22.5. The van der Waals surface area contributed by atoms with Crippen molar-refractivity contribution in [3.8, 4) is 0 Å². The lowest BCUT2D eigenvalue weighted by Gasteiger charge is -2.32. The van der Waals surface area contributed by atoms with Gasteiger partial charge in [-0.1, -0.05) is 0 Å². The summed E-state index contributed by atoms with van der Waals surface area (Å²) in [7, 11) is 1.59. The Balaban J connectivity index is 2.46. The summed E-state index contributed by atoms with van der Waals surface area (Å²) in [6, 6.07) is -0.612. The van der Waals surface area contributed by atoms with Crippen LogP contribution in [-0.2, 0) is 14.3 Å². The number of ether oxygens (including phenoxy) is 1. The summed E-state index contributed by atoms with van der Waals surface area (Å²) >= 11 is 0. The smallest absolute Gasteiger partial charge is 0.322 e. The highest BCUT2D eigenvalue weighted by molar-refractivity contribution is 5.83. The first kappa shape index (κ1) is 11.9. The van der Waals surface area contributed by atoms with E-state index in [-0.39, 0.29) is 19.0 Å². The lowest BCUT2D eigenvalue weighted by atomic mass is 10.2. The number of carboxylic acid groups (broad SMARTS) is 1. The molecule has 86 valence electrons. The molecule has 6 heteroatoms. The first-order valence-corrected chi connectivity index (χ1v) is 4.87. The molecule has 0 bridgehead atoms. The molecule has 1 aliphatic heterocycles. The summed E-state index contributed by atoms with van der Waals surface area (Å²) < 4.78 is 4.88. The highest BCUT2D eigenvalue weighted by Crippen LogP contribution is 2.05. The second kappa shape index (κ2) is 5.67. The van der Waals surface area contributed by atoms with Crippen LogP contribution in [0, 0.1) is 0 Å². The van der Waals surface area contributed by atoms with Crippen molar-refractivity contribution in [2.45, 2.75) is 12.5 Å². The molecule has 1 aliphatic rings. The van der Waals surface area contributed by atoms with E-state index < -0.39 is 12.0 Å². The van der Waals surface area contributed by atoms with E-state index in [9.17, 15) is 9.59 Å². The maximum Gasteiger partial charge on any atom is 0.322 e. The largest absolute Gasteiger partial charge is 0.480 e. The van der Waals surface area contributed by atoms with Gasteiger partial charge in [-0.05, 0) is 6.42 Å². The SMILES string of the molecule is COCCCN1CC(=O)NCC1C(=O)O. The summed E-state index contributed by atoms with van der Waals surface area (Å²) in [6.45, 7) is 1.48. The maximum absolute atomic E-state index is 11.1. The standard InChI is InChI=1S/C9H16N2O4/c1-15-4-2-3-11-6-8(12)10-5-7(11)9(13)14/h7H,2-6H2,1H3,(H,10,12)(H,13,14). The van der Waals surface area contributed by atoms with E-state index in [4.69, 9.17) is 9.84 Å². The molecular formula is C9H16N2O4. The molecule has 1 atom stereocenters. The fourth-order valence-corrected chi connectivity index (χ4v) is 1.58. The van der Waals surface area contributed by atoms with E-state index >= 15 is 0 Å². The van der Waals surface area contributed by atoms with Crippen LogP contribution in [0.4, 0.5) is 0 Å². The predicted octanol–water partition coefficient (Wildman–Crippen LogP) is -1.09. The van der Waals surface area contributed by atoms with Crippen LogP contribution < -0.4 is 5.32 Å². The Labute approximate surface area is 88.2 Å². The Morgan fingerprint density at radius 1 is 1.73 bits per heavy atom. The predicted molar refractivity (Wildman–Crippen MR) is 52.5 cm³/mol. The number of hydrogen-bond donors (Lipinski definition) is 2. The number of hydrogen-bond acceptors (Lipinski definition) is 4. The van der Waals surface area contributed by atoms with Crippen LogP contribution >= 0.6 is 0 Å². The average Bonchev–Trinajstić information content (AvgIpc) is 2.18. The van der Waals surface area contributed by atoms with E-state index in [0.717, 1.165) is 6.42 Å². The van der Waals surface area contributed by atoms with Gasteiger partial charge in [0.05, 0.1) is 6.54 Å². The first-order chi connectivity index (χ1) is 7.15. The van der Waals surface area contributed by atoms with Gasteiger partial charge >= 0.3 is 5.97 Å². The number of rotatable bonds is 5. The van der Waals surface area contributed by atoms with E-state index in [1.165, 1.54) is 0 Å². The van der Waals surface area contributed by atoms with Gasteiger partial charge in [0, 0.05) is 26.8 Å². The zero-order valence-corrected chi connectivity index (χ0v) is 8.73. The third-order valence-corrected chi connectivity index (χ3v) is 2.36. The van der Waals surface area contributed by atoms with Gasteiger partial charge in [0.15, 0.2) is 0 Å². The van der Waals surface area contributed by atoms with Crippen LogP contribution in [0.5, 0.6) is 0 Å². The monoisotopic (exact) mass is 216 g/mol. The quantitative estimate of drug-likeness (QED) is 0.571. The summed E-state index contributed by atoms with van der Waals surface area (Å²) in [6.07, 6.45) is 0.730. The van der Waals surface area contributed by atoms with Crippen molar-refractivity contribution in [3.05, 3.63) is 0 Å². The zero-order valence-electron chi connectivity index (χ0n) is 8.73. The van der Waals surface area contributed by atoms with Gasteiger partial charge in [-0.15, -0.1) is 0 Å². The van der Waals surface area contributed by atoms with Gasteiger partial charge in [-0.25, -0.2) is 0 Å². The Morgan fingerprint density at radius 2 is 2.47 bits per heavy atom. The molecule has 0 aromatic carbocycles. The number of amides is 1. The molecule has 1 unspecified atom stereocenters. The van der Waals surface area contributed by atoms with Crippen LogP contribution in [0.15, 0.2) is 0 Å². The number of carbonyl (C=O) groups is 2. The minimum Gasteiger partial charge on any atom is -0.480 e. The molecule has 0 aromatic rings. The van der Waals surface area contributed by atoms with E-state index in [1.54, 1.807) is 12.0 Å². The van der Waals surface area contributed by atoms with Crippen molar-refractivity contribution in [2.24, 2.45) is 0 Å². The molecule has 0 aliphatic carbocycles. The molecule has 0 radical (unpaired) electrons. The van der Waals surface area contributed by atoms with Crippen LogP contribution in [0.3, 0.4) is 0 Å². The van der Waals surface area contributed by atoms with Crippen molar-refractivity contribution < 1.29 is 19.4 Å². The van der Waals surface area contributed by atoms with Crippen molar-refractivity contribution in [2.75, 3.05) is 33.4 Å². The number of piperazine rings is 1. The zero-order chi connectivity index (χ0) is 11.3. The summed E-state index contributed by atoms with van der Waals surface area (Å²) in [5, 5.41) is 11.5. The molecule has 0 saturated carbocycles. The number of carbonyl (C=O) groups excluding carboxylic acids is 1. The molecule has 1 rings (SSSR count). The van der Waals surface area contributed by atoms with Crippen molar-refractivity contribution in [1.29, 1.82) is 0 Å². The second-order valence-corrected chi connectivity index (χ2v) is 3.47. The number of methoxy groups -OCH3 is 1.